The zero-order chi connectivity index (χ0) is 25.1. The third kappa shape index (κ3) is 3.36. The van der Waals surface area contributed by atoms with Gasteiger partial charge in [-0.25, -0.2) is 15.0 Å². The van der Waals surface area contributed by atoms with E-state index in [9.17, 15) is 4.79 Å². The molecule has 4 heterocycles. The monoisotopic (exact) mass is 489 g/mol. The molecule has 6 aromatic rings. The number of hydrogen-bond acceptors (Lipinski definition) is 6. The number of rotatable bonds is 4. The van der Waals surface area contributed by atoms with Gasteiger partial charge >= 0.3 is 0 Å². The summed E-state index contributed by atoms with van der Waals surface area (Å²) in [4.78, 5) is 29.1. The van der Waals surface area contributed by atoms with Gasteiger partial charge in [-0.05, 0) is 48.9 Å². The highest BCUT2D eigenvalue weighted by Gasteiger charge is 2.23. The summed E-state index contributed by atoms with van der Waals surface area (Å²) in [5, 5.41) is 0.465. The number of ether oxygens (including phenoxy) is 2. The quantitative estimate of drug-likeness (QED) is 0.349. The van der Waals surface area contributed by atoms with Crippen LogP contribution >= 0.6 is 0 Å². The second kappa shape index (κ2) is 8.16. The van der Waals surface area contributed by atoms with Crippen molar-refractivity contribution in [2.45, 2.75) is 26.8 Å². The molecule has 1 aliphatic rings. The molecule has 0 saturated carbocycles. The first kappa shape index (κ1) is 21.6. The third-order valence-corrected chi connectivity index (χ3v) is 6.83. The maximum Gasteiger partial charge on any atom is 0.265 e. The van der Waals surface area contributed by atoms with Gasteiger partial charge in [0.05, 0.1) is 17.6 Å². The van der Waals surface area contributed by atoms with Gasteiger partial charge in [0, 0.05) is 12.1 Å². The maximum atomic E-state index is 14.2. The van der Waals surface area contributed by atoms with Crippen LogP contribution in [-0.4, -0.2) is 30.9 Å². The number of fused-ring (bicyclic) bond motifs is 5. The first-order valence-corrected chi connectivity index (χ1v) is 12.3. The lowest BCUT2D eigenvalue weighted by Gasteiger charge is -2.13. The van der Waals surface area contributed by atoms with Crippen molar-refractivity contribution in [2.24, 2.45) is 0 Å². The Morgan fingerprint density at radius 3 is 2.41 bits per heavy atom. The Kier molecular flexibility index (Phi) is 4.75. The van der Waals surface area contributed by atoms with Crippen molar-refractivity contribution in [3.8, 4) is 17.2 Å². The standard InChI is InChI=1S/C29H23N5O3/c1-3-24-32-27-25(29(35)33(24)15-18-10-13-22-23(14-18)37-16-36-22)26-28(31-21-7-5-4-6-20(21)30-26)34(27)19-11-8-17(2)9-12-19/h4-14H,3,15-16H2,1-2H3. The lowest BCUT2D eigenvalue weighted by atomic mass is 10.2. The molecule has 3 aromatic heterocycles. The minimum absolute atomic E-state index is 0.139. The predicted molar refractivity (Wildman–Crippen MR) is 142 cm³/mol. The Hall–Kier alpha value is -4.72. The van der Waals surface area contributed by atoms with Gasteiger partial charge in [0.1, 0.15) is 16.7 Å². The van der Waals surface area contributed by atoms with Crippen molar-refractivity contribution in [3.05, 3.63) is 94.0 Å². The Bertz CT molecular complexity index is 1900. The number of hydrogen-bond donors (Lipinski definition) is 0. The van der Waals surface area contributed by atoms with Crippen LogP contribution in [0.3, 0.4) is 0 Å². The topological polar surface area (TPSA) is 84.1 Å². The summed E-state index contributed by atoms with van der Waals surface area (Å²) in [6.45, 7) is 4.62. The molecule has 0 aliphatic carbocycles. The van der Waals surface area contributed by atoms with E-state index in [1.165, 1.54) is 0 Å². The normalized spacial score (nSPS) is 12.7. The molecule has 0 amide bonds. The molecule has 1 aliphatic heterocycles. The van der Waals surface area contributed by atoms with E-state index in [-0.39, 0.29) is 12.4 Å². The van der Waals surface area contributed by atoms with Crippen molar-refractivity contribution in [1.82, 2.24) is 24.1 Å². The van der Waals surface area contributed by atoms with Crippen molar-refractivity contribution in [3.63, 3.8) is 0 Å². The summed E-state index contributed by atoms with van der Waals surface area (Å²) in [6.07, 6.45) is 0.591. The Morgan fingerprint density at radius 2 is 1.62 bits per heavy atom. The average Bonchev–Trinajstić information content (AvgIpc) is 3.51. The molecular formula is C29H23N5O3. The fourth-order valence-corrected chi connectivity index (χ4v) is 4.96. The fourth-order valence-electron chi connectivity index (χ4n) is 4.96. The van der Waals surface area contributed by atoms with Gasteiger partial charge in [0.15, 0.2) is 22.8 Å². The largest absolute Gasteiger partial charge is 0.454 e. The summed E-state index contributed by atoms with van der Waals surface area (Å²) in [7, 11) is 0. The third-order valence-electron chi connectivity index (χ3n) is 6.83. The second-order valence-corrected chi connectivity index (χ2v) is 9.21. The van der Waals surface area contributed by atoms with Crippen LogP contribution in [0.15, 0.2) is 71.5 Å². The number of aromatic nitrogens is 5. The van der Waals surface area contributed by atoms with Crippen LogP contribution in [-0.2, 0) is 13.0 Å². The highest BCUT2D eigenvalue weighted by molar-refractivity contribution is 6.05. The SMILES string of the molecule is CCc1nc2c(c(=O)n1Cc1ccc3c(c1)OCO3)c1nc3ccccc3nc1n2-c1ccc(C)cc1. The van der Waals surface area contributed by atoms with E-state index in [1.807, 2.05) is 85.1 Å². The van der Waals surface area contributed by atoms with E-state index < -0.39 is 0 Å². The molecular weight excluding hydrogens is 466 g/mol. The van der Waals surface area contributed by atoms with Crippen molar-refractivity contribution < 1.29 is 9.47 Å². The highest BCUT2D eigenvalue weighted by Crippen LogP contribution is 2.33. The average molecular weight is 490 g/mol. The number of nitrogens with zero attached hydrogens (tertiary/aromatic N) is 5. The van der Waals surface area contributed by atoms with Gasteiger partial charge in [-0.2, -0.15) is 0 Å². The molecule has 37 heavy (non-hydrogen) atoms. The van der Waals surface area contributed by atoms with Gasteiger partial charge in [-0.15, -0.1) is 0 Å². The number of benzene rings is 3. The van der Waals surface area contributed by atoms with Crippen LogP contribution in [0.4, 0.5) is 0 Å². The summed E-state index contributed by atoms with van der Waals surface area (Å²) in [6, 6.07) is 21.6. The van der Waals surface area contributed by atoms with Gasteiger partial charge in [0.2, 0.25) is 6.79 Å². The van der Waals surface area contributed by atoms with E-state index in [2.05, 4.69) is 0 Å². The van der Waals surface area contributed by atoms with Gasteiger partial charge in [-0.1, -0.05) is 42.8 Å². The minimum Gasteiger partial charge on any atom is -0.454 e. The molecule has 0 saturated heterocycles. The molecule has 3 aromatic carbocycles. The van der Waals surface area contributed by atoms with Crippen LogP contribution < -0.4 is 15.0 Å². The highest BCUT2D eigenvalue weighted by atomic mass is 16.7. The molecule has 182 valence electrons. The van der Waals surface area contributed by atoms with Crippen LogP contribution in [0.25, 0.3) is 38.9 Å². The van der Waals surface area contributed by atoms with Gasteiger partial charge < -0.3 is 9.47 Å². The number of aryl methyl sites for hydroxylation is 2. The Morgan fingerprint density at radius 1 is 0.865 bits per heavy atom. The Balaban J connectivity index is 1.53. The lowest BCUT2D eigenvalue weighted by molar-refractivity contribution is 0.174. The molecule has 8 nitrogen and oxygen atoms in total. The first-order valence-electron chi connectivity index (χ1n) is 12.3. The molecule has 0 N–H and O–H groups in total. The van der Waals surface area contributed by atoms with Gasteiger partial charge in [0.25, 0.3) is 5.56 Å². The summed E-state index contributed by atoms with van der Waals surface area (Å²) >= 11 is 0. The smallest absolute Gasteiger partial charge is 0.265 e. The lowest BCUT2D eigenvalue weighted by Crippen LogP contribution is -2.26. The summed E-state index contributed by atoms with van der Waals surface area (Å²) in [5.41, 5.74) is 6.06. The fraction of sp³-hybridized carbons (Fsp3) is 0.172. The van der Waals surface area contributed by atoms with Crippen molar-refractivity contribution in [1.29, 1.82) is 0 Å². The zero-order valence-electron chi connectivity index (χ0n) is 20.4. The van der Waals surface area contributed by atoms with E-state index >= 15 is 0 Å². The second-order valence-electron chi connectivity index (χ2n) is 9.21. The molecule has 0 radical (unpaired) electrons. The minimum atomic E-state index is -0.139. The molecule has 0 spiro atoms. The number of para-hydroxylation sites is 2. The molecule has 0 unspecified atom stereocenters. The van der Waals surface area contributed by atoms with Crippen LogP contribution in [0.1, 0.15) is 23.9 Å². The zero-order valence-corrected chi connectivity index (χ0v) is 20.4. The van der Waals surface area contributed by atoms with Crippen LogP contribution in [0, 0.1) is 6.92 Å². The molecule has 0 fully saturated rings. The van der Waals surface area contributed by atoms with E-state index in [1.54, 1.807) is 4.57 Å². The van der Waals surface area contributed by atoms with Crippen LogP contribution in [0.5, 0.6) is 11.5 Å². The summed E-state index contributed by atoms with van der Waals surface area (Å²) in [5.74, 6) is 2.09. The molecule has 0 atom stereocenters. The van der Waals surface area contributed by atoms with E-state index in [4.69, 9.17) is 24.4 Å². The van der Waals surface area contributed by atoms with Crippen molar-refractivity contribution in [2.75, 3.05) is 6.79 Å². The van der Waals surface area contributed by atoms with Crippen molar-refractivity contribution >= 4 is 33.2 Å². The Labute approximate surface area is 211 Å². The maximum absolute atomic E-state index is 14.2. The van der Waals surface area contributed by atoms with Gasteiger partial charge in [-0.3, -0.25) is 13.9 Å². The molecule has 8 heteroatoms. The van der Waals surface area contributed by atoms with E-state index in [0.717, 1.165) is 27.8 Å². The van der Waals surface area contributed by atoms with Crippen LogP contribution in [0.2, 0.25) is 0 Å². The molecule has 0 bridgehead atoms. The predicted octanol–water partition coefficient (Wildman–Crippen LogP) is 4.93. The summed E-state index contributed by atoms with van der Waals surface area (Å²) < 4.78 is 14.7. The first-order chi connectivity index (χ1) is 18.1. The molecule has 7 rings (SSSR count). The van der Waals surface area contributed by atoms with E-state index in [0.29, 0.717) is 52.5 Å².